The van der Waals surface area contributed by atoms with Crippen molar-refractivity contribution in [1.82, 2.24) is 15.1 Å². The van der Waals surface area contributed by atoms with E-state index in [0.717, 1.165) is 0 Å². The number of aromatic nitrogens is 3. The molecule has 0 atom stereocenters. The average Bonchev–Trinajstić information content (AvgIpc) is 2.96. The second-order valence-electron chi connectivity index (χ2n) is 4.90. The normalized spacial score (nSPS) is 10.5. The number of nitrogen functional groups attached to an aromatic ring is 1. The summed E-state index contributed by atoms with van der Waals surface area (Å²) in [4.78, 5) is 8.28. The van der Waals surface area contributed by atoms with E-state index in [2.05, 4.69) is 25.8 Å². The summed E-state index contributed by atoms with van der Waals surface area (Å²) in [6.07, 6.45) is 1.38. The number of halogens is 1. The molecule has 3 aromatic rings. The van der Waals surface area contributed by atoms with Crippen molar-refractivity contribution in [1.29, 1.82) is 0 Å². The first-order valence-corrected chi connectivity index (χ1v) is 7.36. The SMILES string of the molecule is COc1ccc(Cl)cc1Nc1ncnc(Nc2cc(C)on2)c1N. The van der Waals surface area contributed by atoms with Crippen molar-refractivity contribution in [2.24, 2.45) is 0 Å². The van der Waals surface area contributed by atoms with Crippen LogP contribution >= 0.6 is 11.6 Å². The molecule has 24 heavy (non-hydrogen) atoms. The summed E-state index contributed by atoms with van der Waals surface area (Å²) in [5.74, 6) is 2.60. The van der Waals surface area contributed by atoms with Gasteiger partial charge in [-0.05, 0) is 25.1 Å². The predicted molar refractivity (Wildman–Crippen MR) is 92.3 cm³/mol. The fourth-order valence-corrected chi connectivity index (χ4v) is 2.22. The van der Waals surface area contributed by atoms with Gasteiger partial charge in [-0.2, -0.15) is 0 Å². The first-order valence-electron chi connectivity index (χ1n) is 6.98. The number of nitrogens with two attached hydrogens (primary N) is 1. The van der Waals surface area contributed by atoms with Crippen molar-refractivity contribution < 1.29 is 9.26 Å². The number of nitrogens with zero attached hydrogens (tertiary/aromatic N) is 3. The fourth-order valence-electron chi connectivity index (χ4n) is 2.05. The molecule has 124 valence electrons. The quantitative estimate of drug-likeness (QED) is 0.643. The Morgan fingerprint density at radius 3 is 2.58 bits per heavy atom. The minimum Gasteiger partial charge on any atom is -0.495 e. The van der Waals surface area contributed by atoms with E-state index in [1.807, 2.05) is 0 Å². The van der Waals surface area contributed by atoms with Crippen molar-refractivity contribution in [2.75, 3.05) is 23.5 Å². The molecule has 2 aromatic heterocycles. The van der Waals surface area contributed by atoms with Crippen LogP contribution in [0.1, 0.15) is 5.76 Å². The minimum absolute atomic E-state index is 0.320. The smallest absolute Gasteiger partial charge is 0.175 e. The van der Waals surface area contributed by atoms with E-state index < -0.39 is 0 Å². The molecule has 0 aliphatic rings. The third-order valence-electron chi connectivity index (χ3n) is 3.17. The summed E-state index contributed by atoms with van der Waals surface area (Å²) in [5, 5.41) is 10.5. The highest BCUT2D eigenvalue weighted by atomic mass is 35.5. The van der Waals surface area contributed by atoms with Crippen LogP contribution in [0.5, 0.6) is 5.75 Å². The molecule has 0 aliphatic carbocycles. The topological polar surface area (TPSA) is 111 Å². The molecule has 0 radical (unpaired) electrons. The van der Waals surface area contributed by atoms with Gasteiger partial charge in [0.1, 0.15) is 23.5 Å². The number of benzene rings is 1. The molecule has 9 heteroatoms. The first-order chi connectivity index (χ1) is 11.6. The zero-order chi connectivity index (χ0) is 17.1. The lowest BCUT2D eigenvalue weighted by molar-refractivity contribution is 0.400. The third kappa shape index (κ3) is 3.33. The van der Waals surface area contributed by atoms with Gasteiger partial charge in [0.15, 0.2) is 17.5 Å². The predicted octanol–water partition coefficient (Wildman–Crippen LogP) is 3.50. The van der Waals surface area contributed by atoms with Gasteiger partial charge in [0, 0.05) is 11.1 Å². The molecule has 8 nitrogen and oxygen atoms in total. The molecule has 0 spiro atoms. The number of aryl methyl sites for hydroxylation is 1. The van der Waals surface area contributed by atoms with Gasteiger partial charge >= 0.3 is 0 Å². The first kappa shape index (κ1) is 15.9. The standard InChI is InChI=1S/C15H15ClN6O2/c1-8-5-12(22-24-8)21-15-13(17)14(18-7-19-15)20-10-6-9(16)3-4-11(10)23-2/h3-7H,17H2,1-2H3,(H2,18,19,20,21,22). The van der Waals surface area contributed by atoms with Crippen LogP contribution < -0.4 is 21.1 Å². The van der Waals surface area contributed by atoms with E-state index in [9.17, 15) is 0 Å². The Morgan fingerprint density at radius 2 is 1.92 bits per heavy atom. The van der Waals surface area contributed by atoms with E-state index in [4.69, 9.17) is 26.6 Å². The van der Waals surface area contributed by atoms with Crippen molar-refractivity contribution in [3.05, 3.63) is 41.4 Å². The Bertz CT molecular complexity index is 867. The van der Waals surface area contributed by atoms with Crippen LogP contribution in [-0.2, 0) is 0 Å². The summed E-state index contributed by atoms with van der Waals surface area (Å²) < 4.78 is 10.3. The van der Waals surface area contributed by atoms with E-state index >= 15 is 0 Å². The maximum absolute atomic E-state index is 6.13. The Morgan fingerprint density at radius 1 is 1.17 bits per heavy atom. The van der Waals surface area contributed by atoms with Gasteiger partial charge in [0.25, 0.3) is 0 Å². The number of hydrogen-bond acceptors (Lipinski definition) is 8. The van der Waals surface area contributed by atoms with Crippen LogP contribution in [-0.4, -0.2) is 22.2 Å². The van der Waals surface area contributed by atoms with Gasteiger partial charge in [-0.25, -0.2) is 9.97 Å². The molecule has 0 bridgehead atoms. The minimum atomic E-state index is 0.320. The maximum Gasteiger partial charge on any atom is 0.175 e. The number of nitrogens with one attached hydrogen (secondary N) is 2. The molecule has 0 fully saturated rings. The van der Waals surface area contributed by atoms with E-state index in [1.54, 1.807) is 38.3 Å². The highest BCUT2D eigenvalue weighted by Gasteiger charge is 2.12. The lowest BCUT2D eigenvalue weighted by Crippen LogP contribution is -2.06. The van der Waals surface area contributed by atoms with E-state index in [1.165, 1.54) is 6.33 Å². The molecule has 0 aliphatic heterocycles. The van der Waals surface area contributed by atoms with Crippen LogP contribution in [0, 0.1) is 6.92 Å². The van der Waals surface area contributed by atoms with Crippen LogP contribution in [0.3, 0.4) is 0 Å². The lowest BCUT2D eigenvalue weighted by atomic mass is 10.3. The Hall–Kier alpha value is -3.00. The van der Waals surface area contributed by atoms with Crippen molar-refractivity contribution in [2.45, 2.75) is 6.92 Å². The largest absolute Gasteiger partial charge is 0.495 e. The highest BCUT2D eigenvalue weighted by Crippen LogP contribution is 2.33. The molecule has 0 saturated heterocycles. The highest BCUT2D eigenvalue weighted by molar-refractivity contribution is 6.31. The molecule has 0 amide bonds. The van der Waals surface area contributed by atoms with Crippen molar-refractivity contribution in [3.8, 4) is 5.75 Å². The monoisotopic (exact) mass is 346 g/mol. The maximum atomic E-state index is 6.13. The molecule has 3 rings (SSSR count). The number of hydrogen-bond donors (Lipinski definition) is 3. The second-order valence-corrected chi connectivity index (χ2v) is 5.34. The number of anilines is 5. The van der Waals surface area contributed by atoms with E-state index in [0.29, 0.717) is 45.4 Å². The summed E-state index contributed by atoms with van der Waals surface area (Å²) >= 11 is 6.03. The lowest BCUT2D eigenvalue weighted by Gasteiger charge is -2.14. The molecular weight excluding hydrogens is 332 g/mol. The van der Waals surface area contributed by atoms with Gasteiger partial charge in [-0.15, -0.1) is 0 Å². The van der Waals surface area contributed by atoms with Crippen LogP contribution in [0.4, 0.5) is 28.8 Å². The van der Waals surface area contributed by atoms with Crippen LogP contribution in [0.15, 0.2) is 35.1 Å². The molecule has 0 unspecified atom stereocenters. The Kier molecular flexibility index (Phi) is 4.39. The van der Waals surface area contributed by atoms with Gasteiger partial charge < -0.3 is 25.6 Å². The molecule has 0 saturated carbocycles. The third-order valence-corrected chi connectivity index (χ3v) is 3.41. The second kappa shape index (κ2) is 6.63. The van der Waals surface area contributed by atoms with Gasteiger partial charge in [-0.1, -0.05) is 16.8 Å². The average molecular weight is 347 g/mol. The number of rotatable bonds is 5. The van der Waals surface area contributed by atoms with Crippen molar-refractivity contribution >= 4 is 40.4 Å². The molecule has 4 N–H and O–H groups in total. The zero-order valence-corrected chi connectivity index (χ0v) is 13.8. The Labute approximate surface area is 143 Å². The van der Waals surface area contributed by atoms with Gasteiger partial charge in [0.2, 0.25) is 0 Å². The Balaban J connectivity index is 1.89. The summed E-state index contributed by atoms with van der Waals surface area (Å²) in [6, 6.07) is 6.93. The summed E-state index contributed by atoms with van der Waals surface area (Å²) in [5.41, 5.74) is 7.09. The van der Waals surface area contributed by atoms with Crippen LogP contribution in [0.25, 0.3) is 0 Å². The number of ether oxygens (including phenoxy) is 1. The van der Waals surface area contributed by atoms with Gasteiger partial charge in [-0.3, -0.25) is 0 Å². The molecule has 2 heterocycles. The van der Waals surface area contributed by atoms with Gasteiger partial charge in [0.05, 0.1) is 12.8 Å². The zero-order valence-electron chi connectivity index (χ0n) is 13.0. The molecule has 1 aromatic carbocycles. The fraction of sp³-hybridized carbons (Fsp3) is 0.133. The summed E-state index contributed by atoms with van der Waals surface area (Å²) in [7, 11) is 1.57. The molecular formula is C15H15ClN6O2. The summed E-state index contributed by atoms with van der Waals surface area (Å²) in [6.45, 7) is 1.79. The number of methoxy groups -OCH3 is 1. The van der Waals surface area contributed by atoms with E-state index in [-0.39, 0.29) is 0 Å². The van der Waals surface area contributed by atoms with Crippen LogP contribution in [0.2, 0.25) is 5.02 Å². The van der Waals surface area contributed by atoms with Crippen molar-refractivity contribution in [3.63, 3.8) is 0 Å².